The van der Waals surface area contributed by atoms with Crippen molar-refractivity contribution in [2.24, 2.45) is 5.92 Å². The number of hydrogen-bond acceptors (Lipinski definition) is 2. The van der Waals surface area contributed by atoms with Crippen LogP contribution in [0.15, 0.2) is 16.6 Å². The Hall–Kier alpha value is -0.420. The van der Waals surface area contributed by atoms with Crippen LogP contribution in [-0.4, -0.2) is 17.3 Å². The molecule has 1 fully saturated rings. The topological polar surface area (TPSA) is 17.1 Å². The largest absolute Gasteiger partial charge is 0.294 e. The van der Waals surface area contributed by atoms with Gasteiger partial charge in [-0.3, -0.25) is 4.79 Å². The lowest BCUT2D eigenvalue weighted by Crippen LogP contribution is -2.17. The number of thioether (sulfide) groups is 1. The molecule has 0 radical (unpaired) electrons. The van der Waals surface area contributed by atoms with Crippen molar-refractivity contribution in [3.8, 4) is 0 Å². The maximum Gasteiger partial charge on any atom is 0.172 e. The zero-order valence-electron chi connectivity index (χ0n) is 8.30. The van der Waals surface area contributed by atoms with E-state index in [0.717, 1.165) is 11.8 Å². The molecule has 0 amide bonds. The van der Waals surface area contributed by atoms with Gasteiger partial charge in [-0.1, -0.05) is 0 Å². The number of carbonyl (C=O) groups excluding carboxylic acids is 1. The lowest BCUT2D eigenvalue weighted by atomic mass is 9.96. The van der Waals surface area contributed by atoms with Gasteiger partial charge in [0, 0.05) is 11.7 Å². The Morgan fingerprint density at radius 3 is 2.81 bits per heavy atom. The molecule has 1 saturated heterocycles. The van der Waals surface area contributed by atoms with Gasteiger partial charge in [-0.25, -0.2) is 8.78 Å². The SMILES string of the molecule is O=C(c1c(F)ccc(Br)c1F)C1CCSC1. The standard InChI is InChI=1S/C11H9BrF2OS/c12-7-1-2-8(13)9(10(7)14)11(15)6-3-4-16-5-6/h1-2,6H,3-5H2. The van der Waals surface area contributed by atoms with E-state index < -0.39 is 23.0 Å². The molecule has 1 aliphatic rings. The van der Waals surface area contributed by atoms with Crippen LogP contribution in [0.2, 0.25) is 0 Å². The quantitative estimate of drug-likeness (QED) is 0.612. The van der Waals surface area contributed by atoms with Crippen LogP contribution in [0.25, 0.3) is 0 Å². The van der Waals surface area contributed by atoms with Gasteiger partial charge in [0.15, 0.2) is 11.6 Å². The van der Waals surface area contributed by atoms with Crippen molar-refractivity contribution < 1.29 is 13.6 Å². The first kappa shape index (κ1) is 12.0. The van der Waals surface area contributed by atoms with Crippen molar-refractivity contribution in [2.75, 3.05) is 11.5 Å². The Balaban J connectivity index is 2.39. The monoisotopic (exact) mass is 306 g/mol. The summed E-state index contributed by atoms with van der Waals surface area (Å²) >= 11 is 4.60. The van der Waals surface area contributed by atoms with Crippen molar-refractivity contribution in [2.45, 2.75) is 6.42 Å². The molecule has 1 aromatic carbocycles. The van der Waals surface area contributed by atoms with Crippen LogP contribution in [0, 0.1) is 17.6 Å². The van der Waals surface area contributed by atoms with Crippen molar-refractivity contribution in [1.29, 1.82) is 0 Å². The van der Waals surface area contributed by atoms with E-state index in [1.807, 2.05) is 0 Å². The molecule has 1 heterocycles. The third-order valence-corrected chi connectivity index (χ3v) is 4.37. The molecular formula is C11H9BrF2OS. The number of Topliss-reactive ketones (excluding diaryl/α,β-unsaturated/α-hetero) is 1. The van der Waals surface area contributed by atoms with Crippen molar-refractivity contribution in [3.05, 3.63) is 33.8 Å². The fourth-order valence-corrected chi connectivity index (χ4v) is 3.25. The summed E-state index contributed by atoms with van der Waals surface area (Å²) in [7, 11) is 0. The Morgan fingerprint density at radius 1 is 1.44 bits per heavy atom. The molecule has 0 spiro atoms. The van der Waals surface area contributed by atoms with Crippen LogP contribution in [0.1, 0.15) is 16.8 Å². The second kappa shape index (κ2) is 4.84. The average Bonchev–Trinajstić information content (AvgIpc) is 2.77. The molecule has 1 unspecified atom stereocenters. The molecule has 0 N–H and O–H groups in total. The van der Waals surface area contributed by atoms with E-state index in [1.165, 1.54) is 6.07 Å². The van der Waals surface area contributed by atoms with E-state index in [2.05, 4.69) is 15.9 Å². The van der Waals surface area contributed by atoms with Crippen LogP contribution < -0.4 is 0 Å². The maximum absolute atomic E-state index is 13.7. The summed E-state index contributed by atoms with van der Waals surface area (Å²) in [6, 6.07) is 2.38. The summed E-state index contributed by atoms with van der Waals surface area (Å²) in [5.41, 5.74) is -0.401. The minimum absolute atomic E-state index is 0.128. The summed E-state index contributed by atoms with van der Waals surface area (Å²) in [5.74, 6) is -0.688. The Kier molecular flexibility index (Phi) is 3.64. The molecule has 16 heavy (non-hydrogen) atoms. The number of hydrogen-bond donors (Lipinski definition) is 0. The third-order valence-electron chi connectivity index (χ3n) is 2.59. The predicted octanol–water partition coefficient (Wildman–Crippen LogP) is 3.66. The molecule has 1 aromatic rings. The third kappa shape index (κ3) is 2.15. The molecule has 1 atom stereocenters. The summed E-state index contributed by atoms with van der Waals surface area (Å²) in [5, 5.41) is 0. The van der Waals surface area contributed by atoms with Gasteiger partial charge in [-0.05, 0) is 40.2 Å². The highest BCUT2D eigenvalue weighted by molar-refractivity contribution is 9.10. The van der Waals surface area contributed by atoms with Gasteiger partial charge in [0.2, 0.25) is 0 Å². The molecule has 86 valence electrons. The minimum atomic E-state index is -0.790. The number of carbonyl (C=O) groups is 1. The van der Waals surface area contributed by atoms with Crippen LogP contribution in [-0.2, 0) is 0 Å². The predicted molar refractivity (Wildman–Crippen MR) is 63.8 cm³/mol. The molecule has 5 heteroatoms. The van der Waals surface area contributed by atoms with E-state index >= 15 is 0 Å². The first-order valence-corrected chi connectivity index (χ1v) is 6.81. The van der Waals surface area contributed by atoms with Gasteiger partial charge in [0.25, 0.3) is 0 Å². The van der Waals surface area contributed by atoms with Gasteiger partial charge < -0.3 is 0 Å². The Labute approximate surface area is 105 Å². The van der Waals surface area contributed by atoms with E-state index in [9.17, 15) is 13.6 Å². The van der Waals surface area contributed by atoms with Crippen LogP contribution in [0.3, 0.4) is 0 Å². The van der Waals surface area contributed by atoms with Crippen molar-refractivity contribution in [3.63, 3.8) is 0 Å². The number of halogens is 3. The van der Waals surface area contributed by atoms with Crippen LogP contribution in [0.5, 0.6) is 0 Å². The first-order valence-electron chi connectivity index (χ1n) is 4.86. The molecule has 1 nitrogen and oxygen atoms in total. The summed E-state index contributed by atoms with van der Waals surface area (Å²) in [6.45, 7) is 0. The molecule has 1 aliphatic heterocycles. The molecule has 2 rings (SSSR count). The number of benzene rings is 1. The average molecular weight is 307 g/mol. The summed E-state index contributed by atoms with van der Waals surface area (Å²) in [4.78, 5) is 11.9. The summed E-state index contributed by atoms with van der Waals surface area (Å²) in [6.07, 6.45) is 0.703. The highest BCUT2D eigenvalue weighted by atomic mass is 79.9. The molecule has 0 bridgehead atoms. The fourth-order valence-electron chi connectivity index (χ4n) is 1.70. The molecular weight excluding hydrogens is 298 g/mol. The molecule has 0 aromatic heterocycles. The van der Waals surface area contributed by atoms with E-state index in [0.29, 0.717) is 12.2 Å². The zero-order valence-corrected chi connectivity index (χ0v) is 10.7. The van der Waals surface area contributed by atoms with Gasteiger partial charge in [0.1, 0.15) is 5.82 Å². The Bertz CT molecular complexity index is 430. The maximum atomic E-state index is 13.7. The van der Waals surface area contributed by atoms with Crippen molar-refractivity contribution in [1.82, 2.24) is 0 Å². The molecule has 0 saturated carbocycles. The number of rotatable bonds is 2. The van der Waals surface area contributed by atoms with Gasteiger partial charge in [-0.2, -0.15) is 11.8 Å². The molecule has 0 aliphatic carbocycles. The minimum Gasteiger partial charge on any atom is -0.294 e. The van der Waals surface area contributed by atoms with Gasteiger partial charge >= 0.3 is 0 Å². The van der Waals surface area contributed by atoms with E-state index in [4.69, 9.17) is 0 Å². The van der Waals surface area contributed by atoms with E-state index in [1.54, 1.807) is 11.8 Å². The van der Waals surface area contributed by atoms with E-state index in [-0.39, 0.29) is 10.4 Å². The van der Waals surface area contributed by atoms with Crippen LogP contribution >= 0.6 is 27.7 Å². The van der Waals surface area contributed by atoms with Crippen molar-refractivity contribution >= 4 is 33.5 Å². The van der Waals surface area contributed by atoms with Crippen LogP contribution in [0.4, 0.5) is 8.78 Å². The normalized spacial score (nSPS) is 20.1. The fraction of sp³-hybridized carbons (Fsp3) is 0.364. The second-order valence-corrected chi connectivity index (χ2v) is 5.65. The lowest BCUT2D eigenvalue weighted by Gasteiger charge is -2.09. The zero-order chi connectivity index (χ0) is 11.7. The van der Waals surface area contributed by atoms with Gasteiger partial charge in [-0.15, -0.1) is 0 Å². The second-order valence-electron chi connectivity index (χ2n) is 3.64. The highest BCUT2D eigenvalue weighted by Crippen LogP contribution is 2.30. The highest BCUT2D eigenvalue weighted by Gasteiger charge is 2.29. The van der Waals surface area contributed by atoms with Gasteiger partial charge in [0.05, 0.1) is 10.0 Å². The Morgan fingerprint density at radius 2 is 2.19 bits per heavy atom. The lowest BCUT2D eigenvalue weighted by molar-refractivity contribution is 0.0925. The summed E-state index contributed by atoms with van der Waals surface area (Å²) < 4.78 is 27.2. The first-order chi connectivity index (χ1) is 7.61. The smallest absolute Gasteiger partial charge is 0.172 e. The number of ketones is 1.